The zero-order valence-electron chi connectivity index (χ0n) is 11.2. The molecule has 0 spiro atoms. The topological polar surface area (TPSA) is 46.9 Å². The highest BCUT2D eigenvalue weighted by molar-refractivity contribution is 7.84. The minimum Gasteiger partial charge on any atom is -0.310 e. The molecule has 100 valence electrons. The van der Waals surface area contributed by atoms with Crippen LogP contribution in [0.15, 0.2) is 19.0 Å². The fourth-order valence-electron chi connectivity index (χ4n) is 1.80. The molecule has 1 saturated carbocycles. The highest BCUT2D eigenvalue weighted by Gasteiger charge is 2.37. The summed E-state index contributed by atoms with van der Waals surface area (Å²) in [5, 5.41) is 0. The average Bonchev–Trinajstić information content (AvgIpc) is 3.02. The van der Waals surface area contributed by atoms with Crippen LogP contribution < -0.4 is 4.72 Å². The maximum absolute atomic E-state index is 12.2. The third-order valence-electron chi connectivity index (χ3n) is 3.06. The monoisotopic (exact) mass is 267 g/mol. The number of nitrogens with zero attached hydrogens (tertiary/aromatic N) is 2. The normalized spacial score (nSPS) is 19.5. The molecule has 0 aromatic carbocycles. The van der Waals surface area contributed by atoms with Crippen molar-refractivity contribution in [2.24, 2.45) is 5.92 Å². The van der Waals surface area contributed by atoms with E-state index in [9.17, 15) is 4.21 Å². The summed E-state index contributed by atoms with van der Waals surface area (Å²) in [5.41, 5.74) is 0. The third-order valence-corrected chi connectivity index (χ3v) is 4.64. The van der Waals surface area contributed by atoms with Gasteiger partial charge in [0.2, 0.25) is 0 Å². The van der Waals surface area contributed by atoms with Gasteiger partial charge in [-0.3, -0.25) is 0 Å². The van der Waals surface area contributed by atoms with Gasteiger partial charge >= 0.3 is 0 Å². The lowest BCUT2D eigenvalue weighted by Crippen LogP contribution is -2.37. The van der Waals surface area contributed by atoms with Crippen LogP contribution in [0.4, 0.5) is 0 Å². The van der Waals surface area contributed by atoms with E-state index in [1.165, 1.54) is 12.8 Å². The first kappa shape index (κ1) is 13.5. The Bertz CT molecular complexity index is 457. The molecule has 0 saturated heterocycles. The van der Waals surface area contributed by atoms with E-state index in [0.717, 1.165) is 5.82 Å². The van der Waals surface area contributed by atoms with Gasteiger partial charge in [0.15, 0.2) is 0 Å². The minimum absolute atomic E-state index is 0.0538. The molecule has 2 unspecified atom stereocenters. The number of aromatic nitrogens is 2. The Hall–Kier alpha value is -0.940. The first-order valence-electron chi connectivity index (χ1n) is 6.27. The molecule has 0 aliphatic heterocycles. The molecule has 4 nitrogen and oxygen atoms in total. The number of imidazole rings is 1. The lowest BCUT2D eigenvalue weighted by Gasteiger charge is -2.24. The van der Waals surface area contributed by atoms with Crippen molar-refractivity contribution in [2.75, 3.05) is 0 Å². The molecule has 0 radical (unpaired) electrons. The molecule has 1 heterocycles. The summed E-state index contributed by atoms with van der Waals surface area (Å²) in [6.07, 6.45) is 7.71. The lowest BCUT2D eigenvalue weighted by atomic mass is 10.2. The van der Waals surface area contributed by atoms with Crippen LogP contribution in [-0.4, -0.2) is 18.5 Å². The van der Waals surface area contributed by atoms with E-state index in [-0.39, 0.29) is 10.8 Å². The molecule has 5 heteroatoms. The molecule has 18 heavy (non-hydrogen) atoms. The maximum atomic E-state index is 12.2. The van der Waals surface area contributed by atoms with E-state index in [4.69, 9.17) is 0 Å². The van der Waals surface area contributed by atoms with Crippen molar-refractivity contribution < 1.29 is 4.21 Å². The zero-order valence-corrected chi connectivity index (χ0v) is 12.0. The largest absolute Gasteiger partial charge is 0.310 e. The molecule has 2 atom stereocenters. The smallest absolute Gasteiger partial charge is 0.131 e. The second kappa shape index (κ2) is 4.97. The first-order valence-corrected chi connectivity index (χ1v) is 7.42. The molecular weight excluding hydrogens is 246 g/mol. The summed E-state index contributed by atoms with van der Waals surface area (Å²) < 4.78 is 17.1. The summed E-state index contributed by atoms with van der Waals surface area (Å²) in [4.78, 5) is 4.38. The minimum atomic E-state index is -1.08. The lowest BCUT2D eigenvalue weighted by molar-refractivity contribution is 0.528. The molecule has 1 aromatic heterocycles. The third kappa shape index (κ3) is 2.90. The Labute approximate surface area is 111 Å². The predicted octanol–water partition coefficient (Wildman–Crippen LogP) is 2.49. The molecule has 2 rings (SSSR count). The molecule has 1 aromatic rings. The van der Waals surface area contributed by atoms with Crippen LogP contribution in [0.3, 0.4) is 0 Å². The van der Waals surface area contributed by atoms with Crippen LogP contribution in [0.25, 0.3) is 6.20 Å². The number of hydrogen-bond donors (Lipinski definition) is 1. The molecular formula is C13H21N3OS. The Balaban J connectivity index is 2.19. The van der Waals surface area contributed by atoms with Gasteiger partial charge in [-0.05, 0) is 39.5 Å². The highest BCUT2D eigenvalue weighted by atomic mass is 32.2. The molecule has 0 bridgehead atoms. The van der Waals surface area contributed by atoms with E-state index in [1.807, 2.05) is 31.5 Å². The molecule has 1 aliphatic carbocycles. The van der Waals surface area contributed by atoms with E-state index >= 15 is 0 Å². The van der Waals surface area contributed by atoms with Crippen LogP contribution in [0, 0.1) is 5.92 Å². The van der Waals surface area contributed by atoms with Gasteiger partial charge in [0.25, 0.3) is 0 Å². The van der Waals surface area contributed by atoms with E-state index in [0.29, 0.717) is 5.92 Å². The van der Waals surface area contributed by atoms with Crippen LogP contribution in [-0.2, 0) is 11.0 Å². The quantitative estimate of drug-likeness (QED) is 0.891. The van der Waals surface area contributed by atoms with E-state index < -0.39 is 11.0 Å². The molecule has 1 aliphatic rings. The van der Waals surface area contributed by atoms with Gasteiger partial charge in [-0.15, -0.1) is 0 Å². The summed E-state index contributed by atoms with van der Waals surface area (Å²) in [6.45, 7) is 9.69. The zero-order chi connectivity index (χ0) is 13.3. The fourth-order valence-corrected chi connectivity index (χ4v) is 2.68. The average molecular weight is 267 g/mol. The number of hydrogen-bond acceptors (Lipinski definition) is 2. The highest BCUT2D eigenvalue weighted by Crippen LogP contribution is 2.41. The van der Waals surface area contributed by atoms with Gasteiger partial charge in [-0.2, -0.15) is 0 Å². The van der Waals surface area contributed by atoms with Gasteiger partial charge in [-0.1, -0.05) is 6.58 Å². The van der Waals surface area contributed by atoms with Crippen LogP contribution in [0.5, 0.6) is 0 Å². The van der Waals surface area contributed by atoms with Crippen molar-refractivity contribution in [1.29, 1.82) is 0 Å². The van der Waals surface area contributed by atoms with Gasteiger partial charge < -0.3 is 4.57 Å². The van der Waals surface area contributed by atoms with Gasteiger partial charge in [0.05, 0.1) is 21.8 Å². The van der Waals surface area contributed by atoms with Crippen molar-refractivity contribution >= 4 is 17.2 Å². The second-order valence-corrected chi connectivity index (χ2v) is 7.69. The fraction of sp³-hybridized carbons (Fsp3) is 0.615. The summed E-state index contributed by atoms with van der Waals surface area (Å²) in [7, 11) is -1.08. The van der Waals surface area contributed by atoms with E-state index in [2.05, 4.69) is 16.3 Å². The van der Waals surface area contributed by atoms with Crippen LogP contribution in [0.2, 0.25) is 0 Å². The van der Waals surface area contributed by atoms with Gasteiger partial charge in [-0.25, -0.2) is 13.9 Å². The van der Waals surface area contributed by atoms with Crippen molar-refractivity contribution in [3.05, 3.63) is 24.8 Å². The van der Waals surface area contributed by atoms with Crippen molar-refractivity contribution in [1.82, 2.24) is 14.3 Å². The number of nitrogens with one attached hydrogen (secondary N) is 1. The number of rotatable bonds is 5. The molecule has 1 fully saturated rings. The van der Waals surface area contributed by atoms with Crippen molar-refractivity contribution in [3.8, 4) is 0 Å². The molecule has 0 amide bonds. The van der Waals surface area contributed by atoms with Gasteiger partial charge in [0.1, 0.15) is 5.82 Å². The first-order chi connectivity index (χ1) is 8.43. The predicted molar refractivity (Wildman–Crippen MR) is 75.1 cm³/mol. The van der Waals surface area contributed by atoms with Crippen LogP contribution in [0.1, 0.15) is 45.5 Å². The van der Waals surface area contributed by atoms with Crippen molar-refractivity contribution in [3.63, 3.8) is 0 Å². The standard InChI is InChI=1S/C13H21N3OS/c1-5-16-9-8-14-12(16)11(10-6-7-10)15-18(17)13(2,3)4/h5,8-11,15H,1,6-7H2,2-4H3. The summed E-state index contributed by atoms with van der Waals surface area (Å²) >= 11 is 0. The summed E-state index contributed by atoms with van der Waals surface area (Å²) in [6, 6.07) is 0.0538. The second-order valence-electron chi connectivity index (χ2n) is 5.69. The van der Waals surface area contributed by atoms with E-state index in [1.54, 1.807) is 12.4 Å². The Morgan fingerprint density at radius 1 is 1.61 bits per heavy atom. The summed E-state index contributed by atoms with van der Waals surface area (Å²) in [5.74, 6) is 1.45. The SMILES string of the molecule is C=Cn1ccnc1C(NS(=O)C(C)(C)C)C1CC1. The maximum Gasteiger partial charge on any atom is 0.131 e. The van der Waals surface area contributed by atoms with Crippen LogP contribution >= 0.6 is 0 Å². The van der Waals surface area contributed by atoms with Gasteiger partial charge in [0, 0.05) is 18.6 Å². The Kier molecular flexibility index (Phi) is 3.73. The Morgan fingerprint density at radius 2 is 2.28 bits per heavy atom. The van der Waals surface area contributed by atoms with Crippen molar-refractivity contribution in [2.45, 2.75) is 44.4 Å². The molecule has 1 N–H and O–H groups in total. The Morgan fingerprint density at radius 3 is 2.78 bits per heavy atom.